The van der Waals surface area contributed by atoms with Gasteiger partial charge >= 0.3 is 5.97 Å². The number of hydrogen-bond donors (Lipinski definition) is 2. The Morgan fingerprint density at radius 2 is 2.25 bits per heavy atom. The highest BCUT2D eigenvalue weighted by molar-refractivity contribution is 5.70. The second kappa shape index (κ2) is 2.73. The molecule has 2 N–H and O–H groups in total. The molecule has 1 heterocycles. The molecule has 2 aliphatic rings. The predicted molar refractivity (Wildman–Crippen MR) is 44.9 cm³/mol. The van der Waals surface area contributed by atoms with Crippen molar-refractivity contribution in [2.75, 3.05) is 13.1 Å². The smallest absolute Gasteiger partial charge is 0.307 e. The zero-order chi connectivity index (χ0) is 8.60. The summed E-state index contributed by atoms with van der Waals surface area (Å²) in [5.41, 5.74) is 0.362. The van der Waals surface area contributed by atoms with Crippen LogP contribution in [0.5, 0.6) is 0 Å². The Balaban J connectivity index is 1.98. The van der Waals surface area contributed by atoms with Crippen LogP contribution >= 0.6 is 0 Å². The van der Waals surface area contributed by atoms with Crippen LogP contribution in [0.3, 0.4) is 0 Å². The number of hydrogen-bond acceptors (Lipinski definition) is 2. The van der Waals surface area contributed by atoms with Crippen LogP contribution in [-0.4, -0.2) is 24.2 Å². The number of aliphatic carboxylic acids is 1. The summed E-state index contributed by atoms with van der Waals surface area (Å²) in [4.78, 5) is 10.7. The van der Waals surface area contributed by atoms with Crippen molar-refractivity contribution in [1.82, 2.24) is 5.32 Å². The highest BCUT2D eigenvalue weighted by Gasteiger charge is 2.42. The summed E-state index contributed by atoms with van der Waals surface area (Å²) in [6.45, 7) is 1.70. The second-order valence-electron chi connectivity index (χ2n) is 4.22. The zero-order valence-corrected chi connectivity index (χ0v) is 7.18. The third-order valence-electron chi connectivity index (χ3n) is 3.33. The Morgan fingerprint density at radius 1 is 1.50 bits per heavy atom. The lowest BCUT2D eigenvalue weighted by Crippen LogP contribution is -2.50. The van der Waals surface area contributed by atoms with Crippen LogP contribution in [0.15, 0.2) is 0 Å². The molecule has 3 nitrogen and oxygen atoms in total. The number of piperidine rings is 1. The van der Waals surface area contributed by atoms with Crippen LogP contribution in [0.25, 0.3) is 0 Å². The maximum atomic E-state index is 10.7. The van der Waals surface area contributed by atoms with Gasteiger partial charge in [0, 0.05) is 13.1 Å². The van der Waals surface area contributed by atoms with E-state index in [1.54, 1.807) is 0 Å². The fourth-order valence-electron chi connectivity index (χ4n) is 2.41. The van der Waals surface area contributed by atoms with Crippen molar-refractivity contribution in [3.63, 3.8) is 0 Å². The SMILES string of the molecule is O=C(O)C1CNCC2(CCC2)C1. The normalized spacial score (nSPS) is 32.8. The lowest BCUT2D eigenvalue weighted by molar-refractivity contribution is -0.144. The van der Waals surface area contributed by atoms with Gasteiger partial charge in [-0.1, -0.05) is 6.42 Å². The van der Waals surface area contributed by atoms with Crippen molar-refractivity contribution >= 4 is 5.97 Å². The van der Waals surface area contributed by atoms with E-state index in [2.05, 4.69) is 5.32 Å². The molecule has 0 radical (unpaired) electrons. The highest BCUT2D eigenvalue weighted by atomic mass is 16.4. The third-order valence-corrected chi connectivity index (χ3v) is 3.33. The largest absolute Gasteiger partial charge is 0.481 e. The monoisotopic (exact) mass is 169 g/mol. The number of carboxylic acids is 1. The van der Waals surface area contributed by atoms with E-state index in [1.165, 1.54) is 19.3 Å². The van der Waals surface area contributed by atoms with E-state index in [4.69, 9.17) is 5.11 Å². The van der Waals surface area contributed by atoms with Crippen LogP contribution in [0.4, 0.5) is 0 Å². The standard InChI is InChI=1S/C9H15NO2/c11-8(12)7-4-9(2-1-3-9)6-10-5-7/h7,10H,1-6H2,(H,11,12). The predicted octanol–water partition coefficient (Wildman–Crippen LogP) is 0.851. The summed E-state index contributed by atoms with van der Waals surface area (Å²) in [6.07, 6.45) is 4.64. The molecule has 0 bridgehead atoms. The maximum Gasteiger partial charge on any atom is 0.307 e. The van der Waals surface area contributed by atoms with Gasteiger partial charge in [-0.15, -0.1) is 0 Å². The molecule has 1 spiro atoms. The van der Waals surface area contributed by atoms with Gasteiger partial charge in [0.1, 0.15) is 0 Å². The van der Waals surface area contributed by atoms with Crippen molar-refractivity contribution in [3.05, 3.63) is 0 Å². The highest BCUT2D eigenvalue weighted by Crippen LogP contribution is 2.46. The molecule has 2 rings (SSSR count). The molecule has 1 aliphatic heterocycles. The van der Waals surface area contributed by atoms with Gasteiger partial charge in [0.25, 0.3) is 0 Å². The first kappa shape index (κ1) is 8.05. The topological polar surface area (TPSA) is 49.3 Å². The molecular weight excluding hydrogens is 154 g/mol. The molecule has 0 aromatic carbocycles. The van der Waals surface area contributed by atoms with E-state index in [-0.39, 0.29) is 5.92 Å². The van der Waals surface area contributed by atoms with Gasteiger partial charge < -0.3 is 10.4 Å². The molecule has 1 saturated heterocycles. The Bertz CT molecular complexity index is 199. The number of carbonyl (C=O) groups is 1. The van der Waals surface area contributed by atoms with E-state index in [0.29, 0.717) is 12.0 Å². The maximum absolute atomic E-state index is 10.7. The third kappa shape index (κ3) is 1.22. The molecule has 3 heteroatoms. The first-order valence-electron chi connectivity index (χ1n) is 4.65. The summed E-state index contributed by atoms with van der Waals surface area (Å²) >= 11 is 0. The minimum Gasteiger partial charge on any atom is -0.481 e. The van der Waals surface area contributed by atoms with E-state index in [9.17, 15) is 4.79 Å². The van der Waals surface area contributed by atoms with Gasteiger partial charge in [0.15, 0.2) is 0 Å². The molecule has 68 valence electrons. The minimum atomic E-state index is -0.631. The molecule has 0 aromatic heterocycles. The van der Waals surface area contributed by atoms with Crippen molar-refractivity contribution in [2.24, 2.45) is 11.3 Å². The second-order valence-corrected chi connectivity index (χ2v) is 4.22. The van der Waals surface area contributed by atoms with Gasteiger partial charge in [-0.05, 0) is 24.7 Å². The van der Waals surface area contributed by atoms with Crippen LogP contribution in [0.2, 0.25) is 0 Å². The van der Waals surface area contributed by atoms with Crippen molar-refractivity contribution in [3.8, 4) is 0 Å². The number of rotatable bonds is 1. The summed E-state index contributed by atoms with van der Waals surface area (Å²) in [5.74, 6) is -0.771. The lowest BCUT2D eigenvalue weighted by Gasteiger charge is -2.47. The number of carboxylic acid groups (broad SMARTS) is 1. The van der Waals surface area contributed by atoms with Gasteiger partial charge in [-0.2, -0.15) is 0 Å². The molecule has 1 atom stereocenters. The van der Waals surface area contributed by atoms with Gasteiger partial charge in [0.2, 0.25) is 0 Å². The van der Waals surface area contributed by atoms with Gasteiger partial charge in [0.05, 0.1) is 5.92 Å². The lowest BCUT2D eigenvalue weighted by atomic mass is 9.62. The fourth-order valence-corrected chi connectivity index (χ4v) is 2.41. The summed E-state index contributed by atoms with van der Waals surface area (Å²) in [5, 5.41) is 12.1. The fraction of sp³-hybridized carbons (Fsp3) is 0.889. The molecule has 2 fully saturated rings. The van der Waals surface area contributed by atoms with Crippen molar-refractivity contribution in [1.29, 1.82) is 0 Å². The Kier molecular flexibility index (Phi) is 1.83. The molecule has 12 heavy (non-hydrogen) atoms. The van der Waals surface area contributed by atoms with Crippen molar-refractivity contribution < 1.29 is 9.90 Å². The molecular formula is C9H15NO2. The summed E-state index contributed by atoms with van der Waals surface area (Å²) < 4.78 is 0. The molecule has 1 aliphatic carbocycles. The van der Waals surface area contributed by atoms with E-state index < -0.39 is 5.97 Å². The average Bonchev–Trinajstić information content (AvgIpc) is 2.02. The Labute approximate surface area is 72.2 Å². The van der Waals surface area contributed by atoms with Crippen LogP contribution in [0, 0.1) is 11.3 Å². The minimum absolute atomic E-state index is 0.140. The van der Waals surface area contributed by atoms with Crippen LogP contribution in [0.1, 0.15) is 25.7 Å². The van der Waals surface area contributed by atoms with E-state index in [0.717, 1.165) is 13.0 Å². The number of nitrogens with one attached hydrogen (secondary N) is 1. The average molecular weight is 169 g/mol. The molecule has 1 unspecified atom stereocenters. The quantitative estimate of drug-likeness (QED) is 0.612. The van der Waals surface area contributed by atoms with Crippen LogP contribution in [-0.2, 0) is 4.79 Å². The van der Waals surface area contributed by atoms with Crippen molar-refractivity contribution in [2.45, 2.75) is 25.7 Å². The van der Waals surface area contributed by atoms with Gasteiger partial charge in [-0.3, -0.25) is 4.79 Å². The molecule has 1 saturated carbocycles. The summed E-state index contributed by atoms with van der Waals surface area (Å²) in [7, 11) is 0. The first-order valence-corrected chi connectivity index (χ1v) is 4.65. The molecule has 0 aromatic rings. The first-order chi connectivity index (χ1) is 5.72. The van der Waals surface area contributed by atoms with E-state index >= 15 is 0 Å². The Hall–Kier alpha value is -0.570. The zero-order valence-electron chi connectivity index (χ0n) is 7.18. The Morgan fingerprint density at radius 3 is 2.75 bits per heavy atom. The van der Waals surface area contributed by atoms with E-state index in [1.807, 2.05) is 0 Å². The summed E-state index contributed by atoms with van der Waals surface area (Å²) in [6, 6.07) is 0. The molecule has 0 amide bonds. The van der Waals surface area contributed by atoms with Gasteiger partial charge in [-0.25, -0.2) is 0 Å². The van der Waals surface area contributed by atoms with Crippen LogP contribution < -0.4 is 5.32 Å².